The van der Waals surface area contributed by atoms with Crippen LogP contribution in [0.1, 0.15) is 32.1 Å². The van der Waals surface area contributed by atoms with Crippen LogP contribution in [0.25, 0.3) is 0 Å². The van der Waals surface area contributed by atoms with E-state index in [9.17, 15) is 4.79 Å². The minimum Gasteiger partial charge on any atom is -0.444 e. The Morgan fingerprint density at radius 3 is 2.64 bits per heavy atom. The summed E-state index contributed by atoms with van der Waals surface area (Å²) in [6, 6.07) is 0.391. The SMILES string of the molecule is O=C1OC(CO)CCN1C1CCCC1. The van der Waals surface area contributed by atoms with E-state index in [0.29, 0.717) is 6.04 Å². The van der Waals surface area contributed by atoms with Gasteiger partial charge in [-0.15, -0.1) is 0 Å². The average molecular weight is 199 g/mol. The molecule has 1 aliphatic heterocycles. The fraction of sp³-hybridized carbons (Fsp3) is 0.900. The van der Waals surface area contributed by atoms with Crippen LogP contribution in [-0.4, -0.2) is 41.4 Å². The summed E-state index contributed by atoms with van der Waals surface area (Å²) >= 11 is 0. The van der Waals surface area contributed by atoms with Crippen molar-refractivity contribution in [2.45, 2.75) is 44.2 Å². The minimum absolute atomic E-state index is 0.0513. The fourth-order valence-electron chi connectivity index (χ4n) is 2.32. The predicted molar refractivity (Wildman–Crippen MR) is 50.9 cm³/mol. The number of rotatable bonds is 2. The van der Waals surface area contributed by atoms with Crippen LogP contribution in [0.3, 0.4) is 0 Å². The van der Waals surface area contributed by atoms with Gasteiger partial charge in [-0.1, -0.05) is 12.8 Å². The van der Waals surface area contributed by atoms with Crippen molar-refractivity contribution in [2.75, 3.05) is 13.2 Å². The number of hydrogen-bond acceptors (Lipinski definition) is 3. The van der Waals surface area contributed by atoms with Crippen LogP contribution in [0, 0.1) is 0 Å². The number of cyclic esters (lactones) is 1. The zero-order valence-electron chi connectivity index (χ0n) is 8.32. The van der Waals surface area contributed by atoms with Gasteiger partial charge in [0.1, 0.15) is 6.10 Å². The number of hydrogen-bond donors (Lipinski definition) is 1. The Balaban J connectivity index is 1.91. The molecule has 0 bridgehead atoms. The van der Waals surface area contributed by atoms with Crippen LogP contribution in [-0.2, 0) is 4.74 Å². The molecule has 1 atom stereocenters. The molecular formula is C10H17NO3. The maximum absolute atomic E-state index is 11.5. The highest BCUT2D eigenvalue weighted by atomic mass is 16.6. The van der Waals surface area contributed by atoms with Crippen LogP contribution < -0.4 is 0 Å². The summed E-state index contributed by atoms with van der Waals surface area (Å²) in [7, 11) is 0. The van der Waals surface area contributed by atoms with E-state index >= 15 is 0 Å². The Hall–Kier alpha value is -0.770. The third-order valence-corrected chi connectivity index (χ3v) is 3.16. The molecule has 0 aromatic carbocycles. The molecule has 1 aliphatic carbocycles. The van der Waals surface area contributed by atoms with E-state index in [1.807, 2.05) is 4.90 Å². The van der Waals surface area contributed by atoms with Gasteiger partial charge in [0.2, 0.25) is 0 Å². The summed E-state index contributed by atoms with van der Waals surface area (Å²) in [6.45, 7) is 0.693. The van der Waals surface area contributed by atoms with Crippen molar-refractivity contribution >= 4 is 6.09 Å². The molecule has 80 valence electrons. The number of carbonyl (C=O) groups is 1. The lowest BCUT2D eigenvalue weighted by Crippen LogP contribution is -2.47. The second-order valence-corrected chi connectivity index (χ2v) is 4.11. The molecule has 0 spiro atoms. The van der Waals surface area contributed by atoms with E-state index in [2.05, 4.69) is 0 Å². The maximum Gasteiger partial charge on any atom is 0.410 e. The van der Waals surface area contributed by atoms with Crippen molar-refractivity contribution in [3.8, 4) is 0 Å². The first-order chi connectivity index (χ1) is 6.81. The molecule has 2 rings (SSSR count). The number of aliphatic hydroxyl groups is 1. The van der Waals surface area contributed by atoms with Gasteiger partial charge in [0, 0.05) is 19.0 Å². The first-order valence-corrected chi connectivity index (χ1v) is 5.39. The molecule has 2 aliphatic rings. The summed E-state index contributed by atoms with van der Waals surface area (Å²) in [5.74, 6) is 0. The first-order valence-electron chi connectivity index (χ1n) is 5.39. The molecule has 0 aromatic heterocycles. The fourth-order valence-corrected chi connectivity index (χ4v) is 2.32. The normalized spacial score (nSPS) is 29.4. The summed E-state index contributed by atoms with van der Waals surface area (Å²) in [4.78, 5) is 13.4. The molecule has 2 fully saturated rings. The molecule has 4 nitrogen and oxygen atoms in total. The lowest BCUT2D eigenvalue weighted by Gasteiger charge is -2.34. The molecular weight excluding hydrogens is 182 g/mol. The smallest absolute Gasteiger partial charge is 0.410 e. The molecule has 1 amide bonds. The Morgan fingerprint density at radius 2 is 2.07 bits per heavy atom. The molecule has 0 aromatic rings. The Kier molecular flexibility index (Phi) is 2.91. The van der Waals surface area contributed by atoms with Gasteiger partial charge in [0.05, 0.1) is 6.61 Å². The van der Waals surface area contributed by atoms with Crippen LogP contribution in [0.5, 0.6) is 0 Å². The summed E-state index contributed by atoms with van der Waals surface area (Å²) in [6.07, 6.45) is 4.91. The molecule has 1 unspecified atom stereocenters. The molecule has 0 radical (unpaired) electrons. The van der Waals surface area contributed by atoms with Crippen molar-refractivity contribution in [2.24, 2.45) is 0 Å². The largest absolute Gasteiger partial charge is 0.444 e. The second kappa shape index (κ2) is 4.17. The number of carbonyl (C=O) groups excluding carboxylic acids is 1. The number of amides is 1. The molecule has 14 heavy (non-hydrogen) atoms. The Bertz CT molecular complexity index is 213. The van der Waals surface area contributed by atoms with Crippen LogP contribution >= 0.6 is 0 Å². The summed E-state index contributed by atoms with van der Waals surface area (Å²) in [5.41, 5.74) is 0. The van der Waals surface area contributed by atoms with E-state index in [4.69, 9.17) is 9.84 Å². The highest BCUT2D eigenvalue weighted by Crippen LogP contribution is 2.26. The standard InChI is InChI=1S/C10H17NO3/c12-7-9-5-6-11(10(13)14-9)8-3-1-2-4-8/h8-9,12H,1-7H2. The van der Waals surface area contributed by atoms with Crippen molar-refractivity contribution in [1.29, 1.82) is 0 Å². The van der Waals surface area contributed by atoms with Crippen LogP contribution in [0.2, 0.25) is 0 Å². The predicted octanol–water partition coefficient (Wildman–Crippen LogP) is 1.13. The van der Waals surface area contributed by atoms with E-state index in [0.717, 1.165) is 25.8 Å². The zero-order chi connectivity index (χ0) is 9.97. The van der Waals surface area contributed by atoms with Crippen LogP contribution in [0.15, 0.2) is 0 Å². The number of aliphatic hydroxyl groups excluding tert-OH is 1. The van der Waals surface area contributed by atoms with Gasteiger partial charge < -0.3 is 14.7 Å². The number of nitrogens with zero attached hydrogens (tertiary/aromatic N) is 1. The van der Waals surface area contributed by atoms with E-state index in [-0.39, 0.29) is 18.8 Å². The molecule has 1 saturated heterocycles. The highest BCUT2D eigenvalue weighted by Gasteiger charge is 2.32. The highest BCUT2D eigenvalue weighted by molar-refractivity contribution is 5.69. The molecule has 4 heteroatoms. The van der Waals surface area contributed by atoms with Gasteiger partial charge in [-0.25, -0.2) is 4.79 Å². The van der Waals surface area contributed by atoms with Gasteiger partial charge in [0.15, 0.2) is 0 Å². The second-order valence-electron chi connectivity index (χ2n) is 4.11. The monoisotopic (exact) mass is 199 g/mol. The van der Waals surface area contributed by atoms with Crippen LogP contribution in [0.4, 0.5) is 4.79 Å². The van der Waals surface area contributed by atoms with Crippen molar-refractivity contribution in [1.82, 2.24) is 4.90 Å². The van der Waals surface area contributed by atoms with Crippen molar-refractivity contribution < 1.29 is 14.6 Å². The van der Waals surface area contributed by atoms with Gasteiger partial charge in [-0.3, -0.25) is 0 Å². The summed E-state index contributed by atoms with van der Waals surface area (Å²) in [5, 5.41) is 8.86. The first kappa shape index (κ1) is 9.77. The number of ether oxygens (including phenoxy) is 1. The zero-order valence-corrected chi connectivity index (χ0v) is 8.32. The average Bonchev–Trinajstić information content (AvgIpc) is 2.70. The lowest BCUT2D eigenvalue weighted by atomic mass is 10.1. The molecule has 1 saturated carbocycles. The van der Waals surface area contributed by atoms with Gasteiger partial charge in [-0.05, 0) is 12.8 Å². The Morgan fingerprint density at radius 1 is 1.36 bits per heavy atom. The third-order valence-electron chi connectivity index (χ3n) is 3.16. The van der Waals surface area contributed by atoms with Crippen molar-refractivity contribution in [3.63, 3.8) is 0 Å². The van der Waals surface area contributed by atoms with E-state index in [1.54, 1.807) is 0 Å². The van der Waals surface area contributed by atoms with Crippen molar-refractivity contribution in [3.05, 3.63) is 0 Å². The summed E-state index contributed by atoms with van der Waals surface area (Å²) < 4.78 is 5.10. The molecule has 1 N–H and O–H groups in total. The molecule has 1 heterocycles. The minimum atomic E-state index is -0.278. The van der Waals surface area contributed by atoms with Gasteiger partial charge in [-0.2, -0.15) is 0 Å². The Labute approximate surface area is 83.8 Å². The topological polar surface area (TPSA) is 49.8 Å². The quantitative estimate of drug-likeness (QED) is 0.725. The van der Waals surface area contributed by atoms with Gasteiger partial charge >= 0.3 is 6.09 Å². The van der Waals surface area contributed by atoms with Gasteiger partial charge in [0.25, 0.3) is 0 Å². The van der Waals surface area contributed by atoms with E-state index in [1.165, 1.54) is 12.8 Å². The maximum atomic E-state index is 11.5. The lowest BCUT2D eigenvalue weighted by molar-refractivity contribution is -0.0111. The van der Waals surface area contributed by atoms with E-state index < -0.39 is 0 Å². The third kappa shape index (κ3) is 1.85.